The maximum atomic E-state index is 12.5. The predicted octanol–water partition coefficient (Wildman–Crippen LogP) is 1.77. The van der Waals surface area contributed by atoms with E-state index in [1.165, 1.54) is 4.31 Å². The van der Waals surface area contributed by atoms with E-state index in [-0.39, 0.29) is 12.1 Å². The molecule has 2 atom stereocenters. The highest BCUT2D eigenvalue weighted by molar-refractivity contribution is 7.89. The average Bonchev–Trinajstić information content (AvgIpc) is 2.99. The molecule has 2 unspecified atom stereocenters. The van der Waals surface area contributed by atoms with Gasteiger partial charge in [-0.1, -0.05) is 12.1 Å². The normalized spacial score (nSPS) is 20.9. The Morgan fingerprint density at radius 3 is 2.57 bits per heavy atom. The maximum absolute atomic E-state index is 12.5. The van der Waals surface area contributed by atoms with E-state index in [9.17, 15) is 8.42 Å². The van der Waals surface area contributed by atoms with Crippen molar-refractivity contribution >= 4 is 10.0 Å². The summed E-state index contributed by atoms with van der Waals surface area (Å²) < 4.78 is 31.9. The van der Waals surface area contributed by atoms with Crippen LogP contribution >= 0.6 is 0 Å². The molecule has 5 nitrogen and oxygen atoms in total. The molecule has 1 saturated heterocycles. The van der Waals surface area contributed by atoms with Crippen LogP contribution in [0.15, 0.2) is 29.2 Å². The van der Waals surface area contributed by atoms with Crippen molar-refractivity contribution in [2.75, 3.05) is 27.2 Å². The number of rotatable bonds is 6. The Morgan fingerprint density at radius 1 is 1.38 bits per heavy atom. The van der Waals surface area contributed by atoms with Gasteiger partial charge in [-0.05, 0) is 44.5 Å². The zero-order chi connectivity index (χ0) is 15.5. The highest BCUT2D eigenvalue weighted by atomic mass is 32.2. The van der Waals surface area contributed by atoms with Gasteiger partial charge in [0, 0.05) is 26.2 Å². The second-order valence-electron chi connectivity index (χ2n) is 5.50. The molecule has 0 aliphatic carbocycles. The molecular weight excluding hydrogens is 288 g/mol. The molecule has 1 aromatic rings. The van der Waals surface area contributed by atoms with Gasteiger partial charge >= 0.3 is 0 Å². The third-order valence-corrected chi connectivity index (χ3v) is 5.84. The Labute approximate surface area is 127 Å². The van der Waals surface area contributed by atoms with E-state index in [1.807, 2.05) is 26.1 Å². The molecule has 0 aromatic heterocycles. The number of hydrogen-bond donors (Lipinski definition) is 1. The molecule has 1 fully saturated rings. The second kappa shape index (κ2) is 6.87. The summed E-state index contributed by atoms with van der Waals surface area (Å²) in [5.41, 5.74) is 1.07. The fourth-order valence-electron chi connectivity index (χ4n) is 2.45. The third kappa shape index (κ3) is 3.83. The number of ether oxygens (including phenoxy) is 1. The molecule has 0 radical (unpaired) electrons. The third-order valence-electron chi connectivity index (χ3n) is 4.01. The molecule has 1 aromatic carbocycles. The Hall–Kier alpha value is -0.950. The topological polar surface area (TPSA) is 58.6 Å². The van der Waals surface area contributed by atoms with Gasteiger partial charge in [0.2, 0.25) is 10.0 Å². The van der Waals surface area contributed by atoms with Gasteiger partial charge in [-0.2, -0.15) is 4.31 Å². The van der Waals surface area contributed by atoms with Crippen LogP contribution in [0.4, 0.5) is 0 Å². The van der Waals surface area contributed by atoms with E-state index in [1.54, 1.807) is 19.2 Å². The molecule has 0 spiro atoms. The highest BCUT2D eigenvalue weighted by Crippen LogP contribution is 2.20. The quantitative estimate of drug-likeness (QED) is 0.870. The number of likely N-dealkylation sites (N-methyl/N-ethyl adjacent to an activating group) is 1. The van der Waals surface area contributed by atoms with Crippen molar-refractivity contribution in [3.8, 4) is 0 Å². The summed E-state index contributed by atoms with van der Waals surface area (Å²) in [6.07, 6.45) is 1.96. The Morgan fingerprint density at radius 2 is 2.05 bits per heavy atom. The maximum Gasteiger partial charge on any atom is 0.242 e. The van der Waals surface area contributed by atoms with Crippen molar-refractivity contribution in [1.82, 2.24) is 9.62 Å². The molecule has 0 amide bonds. The van der Waals surface area contributed by atoms with Crippen LogP contribution < -0.4 is 5.32 Å². The van der Waals surface area contributed by atoms with E-state index < -0.39 is 10.0 Å². The smallest absolute Gasteiger partial charge is 0.242 e. The summed E-state index contributed by atoms with van der Waals surface area (Å²) in [6, 6.07) is 7.25. The first-order valence-electron chi connectivity index (χ1n) is 7.30. The summed E-state index contributed by atoms with van der Waals surface area (Å²) >= 11 is 0. The molecule has 1 aliphatic rings. The van der Waals surface area contributed by atoms with Crippen LogP contribution in [-0.2, 0) is 14.8 Å². The molecule has 6 heteroatoms. The van der Waals surface area contributed by atoms with Crippen molar-refractivity contribution in [1.29, 1.82) is 0 Å². The lowest BCUT2D eigenvalue weighted by atomic mass is 10.1. The number of nitrogens with one attached hydrogen (secondary N) is 1. The summed E-state index contributed by atoms with van der Waals surface area (Å²) in [5, 5.41) is 3.13. The first kappa shape index (κ1) is 16.4. The number of hydrogen-bond acceptors (Lipinski definition) is 4. The summed E-state index contributed by atoms with van der Waals surface area (Å²) in [7, 11) is 0.0492. The van der Waals surface area contributed by atoms with Crippen molar-refractivity contribution in [2.45, 2.75) is 36.8 Å². The molecule has 0 saturated carbocycles. The van der Waals surface area contributed by atoms with Gasteiger partial charge in [-0.3, -0.25) is 0 Å². The summed E-state index contributed by atoms with van der Waals surface area (Å²) in [4.78, 5) is 0.329. The number of benzene rings is 1. The van der Waals surface area contributed by atoms with E-state index in [4.69, 9.17) is 4.74 Å². The lowest BCUT2D eigenvalue weighted by Crippen LogP contribution is -2.34. The molecule has 21 heavy (non-hydrogen) atoms. The van der Waals surface area contributed by atoms with Crippen molar-refractivity contribution < 1.29 is 13.2 Å². The van der Waals surface area contributed by atoms with Crippen molar-refractivity contribution in [3.63, 3.8) is 0 Å². The van der Waals surface area contributed by atoms with Gasteiger partial charge in [0.25, 0.3) is 0 Å². The summed E-state index contributed by atoms with van der Waals surface area (Å²) in [5.74, 6) is 0. The van der Waals surface area contributed by atoms with Crippen LogP contribution in [-0.4, -0.2) is 46.1 Å². The average molecular weight is 312 g/mol. The van der Waals surface area contributed by atoms with Gasteiger partial charge in [0.1, 0.15) is 0 Å². The minimum Gasteiger partial charge on any atom is -0.377 e. The molecule has 2 rings (SSSR count). The highest BCUT2D eigenvalue weighted by Gasteiger charge is 2.26. The van der Waals surface area contributed by atoms with Gasteiger partial charge < -0.3 is 10.1 Å². The molecule has 0 bridgehead atoms. The van der Waals surface area contributed by atoms with Gasteiger partial charge in [0.15, 0.2) is 0 Å². The molecule has 1 heterocycles. The fraction of sp³-hybridized carbons (Fsp3) is 0.600. The van der Waals surface area contributed by atoms with Crippen LogP contribution in [0.25, 0.3) is 0 Å². The molecular formula is C15H24N2O3S. The first-order chi connectivity index (χ1) is 9.95. The number of nitrogens with zero attached hydrogens (tertiary/aromatic N) is 1. The molecule has 1 N–H and O–H groups in total. The van der Waals surface area contributed by atoms with E-state index >= 15 is 0 Å². The Balaban J connectivity index is 2.10. The Bertz CT molecular complexity index is 551. The largest absolute Gasteiger partial charge is 0.377 e. The van der Waals surface area contributed by atoms with Crippen molar-refractivity contribution in [3.05, 3.63) is 29.8 Å². The molecule has 118 valence electrons. The van der Waals surface area contributed by atoms with Gasteiger partial charge in [0.05, 0.1) is 11.0 Å². The predicted molar refractivity (Wildman–Crippen MR) is 82.7 cm³/mol. The SMILES string of the molecule is CNC(C)c1ccc(S(=O)(=O)N(C)CC2CCCO2)cc1. The van der Waals surface area contributed by atoms with Crippen LogP contribution in [0.3, 0.4) is 0 Å². The van der Waals surface area contributed by atoms with E-state index in [0.29, 0.717) is 11.4 Å². The van der Waals surface area contributed by atoms with Gasteiger partial charge in [-0.25, -0.2) is 8.42 Å². The van der Waals surface area contributed by atoms with Gasteiger partial charge in [-0.15, -0.1) is 0 Å². The van der Waals surface area contributed by atoms with E-state index in [0.717, 1.165) is 25.0 Å². The minimum atomic E-state index is -3.44. The summed E-state index contributed by atoms with van der Waals surface area (Å²) in [6.45, 7) is 3.18. The number of sulfonamides is 1. The lowest BCUT2D eigenvalue weighted by Gasteiger charge is -2.21. The van der Waals surface area contributed by atoms with Crippen molar-refractivity contribution in [2.24, 2.45) is 0 Å². The van der Waals surface area contributed by atoms with Crippen LogP contribution in [0.2, 0.25) is 0 Å². The first-order valence-corrected chi connectivity index (χ1v) is 8.74. The molecule has 1 aliphatic heterocycles. The Kier molecular flexibility index (Phi) is 5.37. The minimum absolute atomic E-state index is 0.0216. The monoisotopic (exact) mass is 312 g/mol. The standard InChI is InChI=1S/C15H24N2O3S/c1-12(16-2)13-6-8-15(9-7-13)21(18,19)17(3)11-14-5-4-10-20-14/h6-9,12,14,16H,4-5,10-11H2,1-3H3. The second-order valence-corrected chi connectivity index (χ2v) is 7.54. The lowest BCUT2D eigenvalue weighted by molar-refractivity contribution is 0.0979. The zero-order valence-corrected chi connectivity index (χ0v) is 13.7. The van der Waals surface area contributed by atoms with Crippen LogP contribution in [0, 0.1) is 0 Å². The van der Waals surface area contributed by atoms with Crippen LogP contribution in [0.5, 0.6) is 0 Å². The zero-order valence-electron chi connectivity index (χ0n) is 12.9. The van der Waals surface area contributed by atoms with E-state index in [2.05, 4.69) is 5.32 Å². The fourth-order valence-corrected chi connectivity index (χ4v) is 3.65. The van der Waals surface area contributed by atoms with Crippen LogP contribution in [0.1, 0.15) is 31.4 Å².